The largest absolute Gasteiger partial charge is 0.370 e. The lowest BCUT2D eigenvalue weighted by molar-refractivity contribution is 0.156. The van der Waals surface area contributed by atoms with Gasteiger partial charge in [0.2, 0.25) is 0 Å². The molecule has 1 aromatic heterocycles. The standard InChI is InChI=1S/C12H20F2N4/c1-5-15-11-10(8(2)3)12(17-7-16-11)18(4)6-9(13)14/h7-9H,5-6H2,1-4H3,(H,15,16,17). The van der Waals surface area contributed by atoms with Gasteiger partial charge in [-0.05, 0) is 12.8 Å². The molecule has 0 saturated carbocycles. The summed E-state index contributed by atoms with van der Waals surface area (Å²) in [5.41, 5.74) is 0.877. The average Bonchev–Trinajstić information content (AvgIpc) is 2.27. The summed E-state index contributed by atoms with van der Waals surface area (Å²) in [5, 5.41) is 3.14. The van der Waals surface area contributed by atoms with E-state index in [2.05, 4.69) is 15.3 Å². The summed E-state index contributed by atoms with van der Waals surface area (Å²) in [6.07, 6.45) is -0.978. The number of rotatable bonds is 6. The van der Waals surface area contributed by atoms with Gasteiger partial charge in [0.1, 0.15) is 18.0 Å². The first-order valence-electron chi connectivity index (χ1n) is 6.05. The third-order valence-electron chi connectivity index (χ3n) is 2.56. The predicted molar refractivity (Wildman–Crippen MR) is 69.6 cm³/mol. The van der Waals surface area contributed by atoms with Crippen LogP contribution in [0.4, 0.5) is 20.4 Å². The van der Waals surface area contributed by atoms with Crippen molar-refractivity contribution in [3.05, 3.63) is 11.9 Å². The van der Waals surface area contributed by atoms with Crippen molar-refractivity contribution < 1.29 is 8.78 Å². The van der Waals surface area contributed by atoms with Crippen LogP contribution < -0.4 is 10.2 Å². The minimum atomic E-state index is -2.38. The van der Waals surface area contributed by atoms with Gasteiger partial charge in [-0.25, -0.2) is 18.7 Å². The van der Waals surface area contributed by atoms with Crippen molar-refractivity contribution in [3.63, 3.8) is 0 Å². The van der Waals surface area contributed by atoms with Crippen LogP contribution in [-0.4, -0.2) is 36.5 Å². The maximum absolute atomic E-state index is 12.5. The highest BCUT2D eigenvalue weighted by Crippen LogP contribution is 2.30. The second-order valence-electron chi connectivity index (χ2n) is 4.42. The van der Waals surface area contributed by atoms with Gasteiger partial charge >= 0.3 is 0 Å². The molecule has 0 unspecified atom stereocenters. The Morgan fingerprint density at radius 1 is 1.33 bits per heavy atom. The normalized spacial score (nSPS) is 11.1. The molecular formula is C12H20F2N4. The van der Waals surface area contributed by atoms with Gasteiger partial charge in [0.15, 0.2) is 0 Å². The quantitative estimate of drug-likeness (QED) is 0.851. The van der Waals surface area contributed by atoms with E-state index in [9.17, 15) is 8.78 Å². The van der Waals surface area contributed by atoms with Crippen molar-refractivity contribution in [3.8, 4) is 0 Å². The zero-order chi connectivity index (χ0) is 13.7. The molecule has 1 aromatic rings. The maximum atomic E-state index is 12.5. The molecular weight excluding hydrogens is 238 g/mol. The summed E-state index contributed by atoms with van der Waals surface area (Å²) in [4.78, 5) is 9.79. The summed E-state index contributed by atoms with van der Waals surface area (Å²) in [6, 6.07) is 0. The van der Waals surface area contributed by atoms with Crippen molar-refractivity contribution in [1.82, 2.24) is 9.97 Å². The number of aromatic nitrogens is 2. The van der Waals surface area contributed by atoms with E-state index in [4.69, 9.17) is 0 Å². The van der Waals surface area contributed by atoms with Crippen LogP contribution in [0.1, 0.15) is 32.3 Å². The Hall–Kier alpha value is -1.46. The predicted octanol–water partition coefficient (Wildman–Crippen LogP) is 2.73. The highest BCUT2D eigenvalue weighted by molar-refractivity contribution is 5.60. The van der Waals surface area contributed by atoms with Gasteiger partial charge in [-0.2, -0.15) is 0 Å². The summed E-state index contributed by atoms with van der Waals surface area (Å²) in [6.45, 7) is 6.37. The molecule has 0 aromatic carbocycles. The Morgan fingerprint density at radius 3 is 2.50 bits per heavy atom. The average molecular weight is 258 g/mol. The number of nitrogens with one attached hydrogen (secondary N) is 1. The highest BCUT2D eigenvalue weighted by Gasteiger charge is 2.19. The first-order chi connectivity index (χ1) is 8.47. The molecule has 0 aliphatic carbocycles. The smallest absolute Gasteiger partial charge is 0.255 e. The molecule has 0 radical (unpaired) electrons. The van der Waals surface area contributed by atoms with Crippen molar-refractivity contribution in [2.24, 2.45) is 0 Å². The minimum absolute atomic E-state index is 0.162. The highest BCUT2D eigenvalue weighted by atomic mass is 19.3. The van der Waals surface area contributed by atoms with E-state index >= 15 is 0 Å². The first-order valence-corrected chi connectivity index (χ1v) is 6.05. The second kappa shape index (κ2) is 6.47. The summed E-state index contributed by atoms with van der Waals surface area (Å²) in [5.74, 6) is 1.45. The van der Waals surface area contributed by atoms with Gasteiger partial charge < -0.3 is 10.2 Å². The van der Waals surface area contributed by atoms with Crippen LogP contribution in [0.2, 0.25) is 0 Å². The van der Waals surface area contributed by atoms with Gasteiger partial charge in [0.05, 0.1) is 6.54 Å². The number of hydrogen-bond donors (Lipinski definition) is 1. The number of hydrogen-bond acceptors (Lipinski definition) is 4. The lowest BCUT2D eigenvalue weighted by Crippen LogP contribution is -2.27. The molecule has 1 N–H and O–H groups in total. The lowest BCUT2D eigenvalue weighted by Gasteiger charge is -2.23. The second-order valence-corrected chi connectivity index (χ2v) is 4.42. The molecule has 0 spiro atoms. The number of halogens is 2. The van der Waals surface area contributed by atoms with Crippen LogP contribution in [0.3, 0.4) is 0 Å². The zero-order valence-electron chi connectivity index (χ0n) is 11.2. The summed E-state index contributed by atoms with van der Waals surface area (Å²) < 4.78 is 24.9. The molecule has 4 nitrogen and oxygen atoms in total. The number of nitrogens with zero attached hydrogens (tertiary/aromatic N) is 3. The van der Waals surface area contributed by atoms with E-state index < -0.39 is 6.43 Å². The zero-order valence-corrected chi connectivity index (χ0v) is 11.2. The SMILES string of the molecule is CCNc1ncnc(N(C)CC(F)F)c1C(C)C. The molecule has 0 saturated heterocycles. The van der Waals surface area contributed by atoms with Crippen molar-refractivity contribution >= 4 is 11.6 Å². The molecule has 1 heterocycles. The lowest BCUT2D eigenvalue weighted by atomic mass is 10.0. The van der Waals surface area contributed by atoms with E-state index in [1.165, 1.54) is 11.2 Å². The molecule has 0 atom stereocenters. The van der Waals surface area contributed by atoms with Crippen LogP contribution in [-0.2, 0) is 0 Å². The van der Waals surface area contributed by atoms with E-state index in [0.717, 1.165) is 17.9 Å². The Morgan fingerprint density at radius 2 is 2.00 bits per heavy atom. The number of alkyl halides is 2. The Labute approximate surface area is 106 Å². The van der Waals surface area contributed by atoms with E-state index in [-0.39, 0.29) is 12.5 Å². The van der Waals surface area contributed by atoms with Gasteiger partial charge in [0, 0.05) is 19.2 Å². The molecule has 18 heavy (non-hydrogen) atoms. The van der Waals surface area contributed by atoms with Crippen LogP contribution in [0.15, 0.2) is 6.33 Å². The van der Waals surface area contributed by atoms with E-state index in [0.29, 0.717) is 5.82 Å². The van der Waals surface area contributed by atoms with Crippen molar-refractivity contribution in [2.45, 2.75) is 33.1 Å². The Kier molecular flexibility index (Phi) is 5.25. The maximum Gasteiger partial charge on any atom is 0.255 e. The van der Waals surface area contributed by atoms with Gasteiger partial charge in [-0.1, -0.05) is 13.8 Å². The fraction of sp³-hybridized carbons (Fsp3) is 0.667. The summed E-state index contributed by atoms with van der Waals surface area (Å²) in [7, 11) is 1.62. The van der Waals surface area contributed by atoms with Crippen LogP contribution >= 0.6 is 0 Å². The Balaban J connectivity index is 3.13. The molecule has 0 bridgehead atoms. The molecule has 0 fully saturated rings. The topological polar surface area (TPSA) is 41.1 Å². The van der Waals surface area contributed by atoms with E-state index in [1.807, 2.05) is 20.8 Å². The van der Waals surface area contributed by atoms with Gasteiger partial charge in [0.25, 0.3) is 6.43 Å². The van der Waals surface area contributed by atoms with Crippen molar-refractivity contribution in [2.75, 3.05) is 30.4 Å². The first kappa shape index (κ1) is 14.6. The van der Waals surface area contributed by atoms with Crippen LogP contribution in [0, 0.1) is 0 Å². The molecule has 102 valence electrons. The molecule has 1 rings (SSSR count). The summed E-state index contributed by atoms with van der Waals surface area (Å²) >= 11 is 0. The van der Waals surface area contributed by atoms with Crippen molar-refractivity contribution in [1.29, 1.82) is 0 Å². The number of anilines is 2. The molecule has 0 aliphatic rings. The molecule has 0 amide bonds. The van der Waals surface area contributed by atoms with Crippen LogP contribution in [0.5, 0.6) is 0 Å². The van der Waals surface area contributed by atoms with Gasteiger partial charge in [-0.3, -0.25) is 0 Å². The third-order valence-corrected chi connectivity index (χ3v) is 2.56. The Bertz CT molecular complexity index is 382. The van der Waals surface area contributed by atoms with Gasteiger partial charge in [-0.15, -0.1) is 0 Å². The minimum Gasteiger partial charge on any atom is -0.370 e. The third kappa shape index (κ3) is 3.51. The fourth-order valence-corrected chi connectivity index (χ4v) is 1.82. The van der Waals surface area contributed by atoms with E-state index in [1.54, 1.807) is 7.05 Å². The molecule has 6 heteroatoms. The molecule has 0 aliphatic heterocycles. The monoisotopic (exact) mass is 258 g/mol. The fourth-order valence-electron chi connectivity index (χ4n) is 1.82. The van der Waals surface area contributed by atoms with Crippen LogP contribution in [0.25, 0.3) is 0 Å².